The van der Waals surface area contributed by atoms with Crippen LogP contribution < -0.4 is 10.1 Å². The SMILES string of the molecule is C=CCOC(=O)C1=C(C)Nc2nnnn2C1c1ccc(OCc2ccccc2C)cc1. The number of nitrogens with zero attached hydrogens (tertiary/aromatic N) is 4. The van der Waals surface area contributed by atoms with Crippen molar-refractivity contribution in [2.24, 2.45) is 0 Å². The number of rotatable bonds is 7. The van der Waals surface area contributed by atoms with Crippen LogP contribution in [0.2, 0.25) is 0 Å². The number of esters is 1. The molecule has 2 heterocycles. The molecule has 3 aromatic rings. The third-order valence-electron chi connectivity index (χ3n) is 5.12. The summed E-state index contributed by atoms with van der Waals surface area (Å²) in [5.74, 6) is 0.743. The van der Waals surface area contributed by atoms with Gasteiger partial charge in [0.2, 0.25) is 5.95 Å². The molecule has 0 fully saturated rings. The lowest BCUT2D eigenvalue weighted by Crippen LogP contribution is -2.29. The Labute approximate surface area is 180 Å². The van der Waals surface area contributed by atoms with Gasteiger partial charge in [-0.2, -0.15) is 4.68 Å². The monoisotopic (exact) mass is 417 g/mol. The fourth-order valence-electron chi connectivity index (χ4n) is 3.48. The van der Waals surface area contributed by atoms with Crippen molar-refractivity contribution in [3.8, 4) is 5.75 Å². The summed E-state index contributed by atoms with van der Waals surface area (Å²) in [6.07, 6.45) is 1.53. The summed E-state index contributed by atoms with van der Waals surface area (Å²) in [4.78, 5) is 12.8. The Morgan fingerprint density at radius 3 is 2.71 bits per heavy atom. The Kier molecular flexibility index (Phi) is 5.79. The molecule has 0 spiro atoms. The average Bonchev–Trinajstić information content (AvgIpc) is 3.24. The first-order valence-electron chi connectivity index (χ1n) is 9.89. The molecule has 0 amide bonds. The topological polar surface area (TPSA) is 91.2 Å². The number of carbonyl (C=O) groups is 1. The molecule has 0 aliphatic carbocycles. The Morgan fingerprint density at radius 1 is 1.19 bits per heavy atom. The van der Waals surface area contributed by atoms with Crippen LogP contribution in [-0.4, -0.2) is 32.8 Å². The van der Waals surface area contributed by atoms with E-state index in [0.29, 0.717) is 23.8 Å². The molecule has 158 valence electrons. The van der Waals surface area contributed by atoms with Gasteiger partial charge in [-0.1, -0.05) is 54.2 Å². The zero-order chi connectivity index (χ0) is 21.8. The Balaban J connectivity index is 1.59. The van der Waals surface area contributed by atoms with E-state index < -0.39 is 12.0 Å². The molecular formula is C23H23N5O3. The molecule has 1 N–H and O–H groups in total. The third-order valence-corrected chi connectivity index (χ3v) is 5.12. The van der Waals surface area contributed by atoms with Gasteiger partial charge in [0.05, 0.1) is 5.57 Å². The van der Waals surface area contributed by atoms with Gasteiger partial charge in [0.1, 0.15) is 25.0 Å². The number of anilines is 1. The minimum Gasteiger partial charge on any atom is -0.489 e. The van der Waals surface area contributed by atoms with E-state index >= 15 is 0 Å². The predicted octanol–water partition coefficient (Wildman–Crippen LogP) is 3.58. The molecule has 0 bridgehead atoms. The number of aromatic nitrogens is 4. The Hall–Kier alpha value is -3.94. The van der Waals surface area contributed by atoms with Crippen molar-refractivity contribution < 1.29 is 14.3 Å². The maximum atomic E-state index is 12.8. The summed E-state index contributed by atoms with van der Waals surface area (Å²) in [6, 6.07) is 15.2. The first-order valence-corrected chi connectivity index (χ1v) is 9.89. The van der Waals surface area contributed by atoms with Crippen molar-refractivity contribution in [1.29, 1.82) is 0 Å². The van der Waals surface area contributed by atoms with Crippen LogP contribution in [-0.2, 0) is 16.1 Å². The number of nitrogens with one attached hydrogen (secondary N) is 1. The lowest BCUT2D eigenvalue weighted by atomic mass is 9.96. The molecular weight excluding hydrogens is 394 g/mol. The van der Waals surface area contributed by atoms with Crippen LogP contribution in [0, 0.1) is 6.92 Å². The van der Waals surface area contributed by atoms with Crippen LogP contribution in [0.25, 0.3) is 0 Å². The highest BCUT2D eigenvalue weighted by Gasteiger charge is 2.34. The Bertz CT molecular complexity index is 1130. The van der Waals surface area contributed by atoms with Gasteiger partial charge >= 0.3 is 5.97 Å². The molecule has 0 saturated carbocycles. The second-order valence-electron chi connectivity index (χ2n) is 7.18. The highest BCUT2D eigenvalue weighted by Crippen LogP contribution is 2.35. The quantitative estimate of drug-likeness (QED) is 0.464. The molecule has 31 heavy (non-hydrogen) atoms. The normalized spacial score (nSPS) is 15.1. The van der Waals surface area contributed by atoms with E-state index in [4.69, 9.17) is 9.47 Å². The van der Waals surface area contributed by atoms with E-state index in [1.54, 1.807) is 11.6 Å². The van der Waals surface area contributed by atoms with Crippen molar-refractivity contribution in [1.82, 2.24) is 20.2 Å². The summed E-state index contributed by atoms with van der Waals surface area (Å²) < 4.78 is 12.8. The molecule has 1 aliphatic heterocycles. The first-order chi connectivity index (χ1) is 15.1. The van der Waals surface area contributed by atoms with E-state index in [0.717, 1.165) is 16.9 Å². The standard InChI is InChI=1S/C23H23N5O3/c1-4-13-30-22(29)20-16(3)24-23-25-26-27-28(23)21(20)17-9-11-19(12-10-17)31-14-18-8-6-5-7-15(18)2/h4-12,21H,1,13-14H2,2-3H3,(H,24,25,27). The molecule has 0 radical (unpaired) electrons. The van der Waals surface area contributed by atoms with Gasteiger partial charge in [-0.05, 0) is 53.1 Å². The van der Waals surface area contributed by atoms with Crippen molar-refractivity contribution in [3.05, 3.63) is 89.1 Å². The number of fused-ring (bicyclic) bond motifs is 1. The summed E-state index contributed by atoms with van der Waals surface area (Å²) in [5, 5.41) is 14.9. The van der Waals surface area contributed by atoms with Crippen molar-refractivity contribution >= 4 is 11.9 Å². The Morgan fingerprint density at radius 2 is 1.97 bits per heavy atom. The van der Waals surface area contributed by atoms with Crippen LogP contribution in [0.5, 0.6) is 5.75 Å². The molecule has 4 rings (SSSR count). The van der Waals surface area contributed by atoms with E-state index in [-0.39, 0.29) is 6.61 Å². The lowest BCUT2D eigenvalue weighted by molar-refractivity contribution is -0.138. The van der Waals surface area contributed by atoms with Gasteiger partial charge in [-0.3, -0.25) is 0 Å². The maximum absolute atomic E-state index is 12.8. The van der Waals surface area contributed by atoms with Crippen molar-refractivity contribution in [2.45, 2.75) is 26.5 Å². The number of aryl methyl sites for hydroxylation is 1. The van der Waals surface area contributed by atoms with E-state index in [1.165, 1.54) is 11.6 Å². The van der Waals surface area contributed by atoms with Gasteiger partial charge in [-0.25, -0.2) is 4.79 Å². The van der Waals surface area contributed by atoms with Crippen LogP contribution in [0.3, 0.4) is 0 Å². The molecule has 2 aromatic carbocycles. The highest BCUT2D eigenvalue weighted by molar-refractivity contribution is 5.92. The second-order valence-corrected chi connectivity index (χ2v) is 7.18. The van der Waals surface area contributed by atoms with Crippen molar-refractivity contribution in [2.75, 3.05) is 11.9 Å². The lowest BCUT2D eigenvalue weighted by Gasteiger charge is -2.27. The zero-order valence-corrected chi connectivity index (χ0v) is 17.4. The van der Waals surface area contributed by atoms with E-state index in [9.17, 15) is 4.79 Å². The molecule has 1 unspecified atom stereocenters. The molecule has 1 aromatic heterocycles. The van der Waals surface area contributed by atoms with Gasteiger partial charge < -0.3 is 14.8 Å². The number of carbonyl (C=O) groups excluding carboxylic acids is 1. The van der Waals surface area contributed by atoms with Gasteiger partial charge in [0.15, 0.2) is 0 Å². The zero-order valence-electron chi connectivity index (χ0n) is 17.4. The highest BCUT2D eigenvalue weighted by atomic mass is 16.5. The number of allylic oxidation sites excluding steroid dienone is 1. The molecule has 0 saturated heterocycles. The van der Waals surface area contributed by atoms with E-state index in [2.05, 4.69) is 40.4 Å². The number of hydrogen-bond donors (Lipinski definition) is 1. The summed E-state index contributed by atoms with van der Waals surface area (Å²) in [7, 11) is 0. The maximum Gasteiger partial charge on any atom is 0.338 e. The van der Waals surface area contributed by atoms with Gasteiger partial charge in [0.25, 0.3) is 0 Å². The van der Waals surface area contributed by atoms with Crippen LogP contribution in [0.4, 0.5) is 5.95 Å². The number of ether oxygens (including phenoxy) is 2. The second kappa shape index (κ2) is 8.83. The minimum atomic E-state index is -0.519. The minimum absolute atomic E-state index is 0.122. The van der Waals surface area contributed by atoms with Crippen LogP contribution in [0.1, 0.15) is 29.7 Å². The molecule has 1 atom stereocenters. The third kappa shape index (κ3) is 4.18. The number of benzene rings is 2. The van der Waals surface area contributed by atoms with Gasteiger partial charge in [0, 0.05) is 5.70 Å². The summed E-state index contributed by atoms with van der Waals surface area (Å²) in [5.41, 5.74) is 4.23. The van der Waals surface area contributed by atoms with Gasteiger partial charge in [-0.15, -0.1) is 0 Å². The largest absolute Gasteiger partial charge is 0.489 e. The average molecular weight is 417 g/mol. The van der Waals surface area contributed by atoms with Crippen LogP contribution in [0.15, 0.2) is 72.5 Å². The van der Waals surface area contributed by atoms with Crippen LogP contribution >= 0.6 is 0 Å². The fourth-order valence-corrected chi connectivity index (χ4v) is 3.48. The molecule has 8 nitrogen and oxygen atoms in total. The molecule has 1 aliphatic rings. The fraction of sp³-hybridized carbons (Fsp3) is 0.217. The van der Waals surface area contributed by atoms with E-state index in [1.807, 2.05) is 42.5 Å². The predicted molar refractivity (Wildman–Crippen MR) is 115 cm³/mol. The smallest absolute Gasteiger partial charge is 0.338 e. The molecule has 8 heteroatoms. The first kappa shape index (κ1) is 20.3. The number of hydrogen-bond acceptors (Lipinski definition) is 7. The van der Waals surface area contributed by atoms with Crippen molar-refractivity contribution in [3.63, 3.8) is 0 Å². The summed E-state index contributed by atoms with van der Waals surface area (Å²) in [6.45, 7) is 8.06. The summed E-state index contributed by atoms with van der Waals surface area (Å²) >= 11 is 0. The number of tetrazole rings is 1.